The van der Waals surface area contributed by atoms with Gasteiger partial charge in [0, 0.05) is 0 Å². The lowest BCUT2D eigenvalue weighted by Crippen LogP contribution is -2.21. The summed E-state index contributed by atoms with van der Waals surface area (Å²) in [5, 5.41) is -0.187. The van der Waals surface area contributed by atoms with E-state index in [0.717, 1.165) is 0 Å². The zero-order valence-electron chi connectivity index (χ0n) is 3.32. The van der Waals surface area contributed by atoms with Crippen LogP contribution in [0.15, 0.2) is 11.1 Å². The molecule has 3 heteroatoms. The number of allylic oxidation sites excluding steroid dienone is 2. The van der Waals surface area contributed by atoms with Crippen molar-refractivity contribution in [1.29, 1.82) is 0 Å². The predicted octanol–water partition coefficient (Wildman–Crippen LogP) is 1.30. The molecular formula is C4H2Cl2O. The Morgan fingerprint density at radius 2 is 2.29 bits per heavy atom. The number of rotatable bonds is 0. The van der Waals surface area contributed by atoms with Crippen LogP contribution in [0, 0.1) is 0 Å². The Bertz CT molecular complexity index is 139. The van der Waals surface area contributed by atoms with Crippen molar-refractivity contribution in [2.45, 2.75) is 5.38 Å². The van der Waals surface area contributed by atoms with Crippen LogP contribution in [0.3, 0.4) is 0 Å². The Morgan fingerprint density at radius 3 is 2.29 bits per heavy atom. The minimum absolute atomic E-state index is 0.164. The summed E-state index contributed by atoms with van der Waals surface area (Å²) in [6.07, 6.45) is 1.51. The Morgan fingerprint density at radius 1 is 1.71 bits per heavy atom. The maximum Gasteiger partial charge on any atom is 0.195 e. The molecule has 1 unspecified atom stereocenters. The Balaban J connectivity index is 2.75. The molecule has 0 saturated heterocycles. The van der Waals surface area contributed by atoms with E-state index in [1.165, 1.54) is 6.08 Å². The molecule has 0 aromatic rings. The van der Waals surface area contributed by atoms with E-state index >= 15 is 0 Å². The molecule has 0 aromatic heterocycles. The molecule has 0 spiro atoms. The van der Waals surface area contributed by atoms with Crippen LogP contribution in [0.2, 0.25) is 0 Å². The maximum absolute atomic E-state index is 10.2. The molecule has 0 amide bonds. The number of ketones is 1. The van der Waals surface area contributed by atoms with Gasteiger partial charge < -0.3 is 0 Å². The lowest BCUT2D eigenvalue weighted by Gasteiger charge is -2.10. The molecule has 0 radical (unpaired) electrons. The molecule has 0 saturated carbocycles. The molecule has 1 rings (SSSR count). The van der Waals surface area contributed by atoms with Crippen LogP contribution in [-0.4, -0.2) is 11.2 Å². The third kappa shape index (κ3) is 0.663. The van der Waals surface area contributed by atoms with Gasteiger partial charge in [-0.05, 0) is 6.08 Å². The summed E-state index contributed by atoms with van der Waals surface area (Å²) in [5.41, 5.74) is 0. The normalized spacial score (nSPS) is 29.1. The molecule has 0 heterocycles. The summed E-state index contributed by atoms with van der Waals surface area (Å²) in [5.74, 6) is -0.164. The van der Waals surface area contributed by atoms with Gasteiger partial charge in [-0.2, -0.15) is 0 Å². The van der Waals surface area contributed by atoms with Crippen molar-refractivity contribution < 1.29 is 4.79 Å². The van der Waals surface area contributed by atoms with Gasteiger partial charge in [0.2, 0.25) is 0 Å². The zero-order chi connectivity index (χ0) is 5.44. The van der Waals surface area contributed by atoms with Gasteiger partial charge in [-0.3, -0.25) is 4.79 Å². The van der Waals surface area contributed by atoms with Crippen LogP contribution >= 0.6 is 23.2 Å². The van der Waals surface area contributed by atoms with Gasteiger partial charge in [0.25, 0.3) is 0 Å². The summed E-state index contributed by atoms with van der Waals surface area (Å²) in [7, 11) is 0. The van der Waals surface area contributed by atoms with Crippen LogP contribution in [-0.2, 0) is 4.79 Å². The molecule has 0 aliphatic heterocycles. The first kappa shape index (κ1) is 5.13. The summed E-state index contributed by atoms with van der Waals surface area (Å²) in [4.78, 5) is 10.2. The lowest BCUT2D eigenvalue weighted by atomic mass is 10.1. The fourth-order valence-corrected chi connectivity index (χ4v) is 0.929. The second-order valence-corrected chi connectivity index (χ2v) is 2.16. The van der Waals surface area contributed by atoms with Gasteiger partial charge in [0.15, 0.2) is 5.78 Å². The predicted molar refractivity (Wildman–Crippen MR) is 28.6 cm³/mol. The molecule has 1 aliphatic rings. The number of carbonyl (C=O) groups excluding carboxylic acids is 1. The molecule has 0 aromatic carbocycles. The fourth-order valence-electron chi connectivity index (χ4n) is 0.322. The molecule has 0 fully saturated rings. The Kier molecular flexibility index (Phi) is 1.10. The van der Waals surface area contributed by atoms with Crippen molar-refractivity contribution in [3.63, 3.8) is 0 Å². The number of Topliss-reactive ketones (excluding diaryl/α,β-unsaturated/α-hetero) is 1. The maximum atomic E-state index is 10.2. The third-order valence-corrected chi connectivity index (χ3v) is 1.41. The lowest BCUT2D eigenvalue weighted by molar-refractivity contribution is -0.115. The van der Waals surface area contributed by atoms with Crippen LogP contribution in [0.1, 0.15) is 0 Å². The van der Waals surface area contributed by atoms with Gasteiger partial charge in [0.1, 0.15) is 5.38 Å². The van der Waals surface area contributed by atoms with E-state index in [9.17, 15) is 4.79 Å². The molecule has 1 atom stereocenters. The van der Waals surface area contributed by atoms with Gasteiger partial charge in [-0.1, -0.05) is 11.6 Å². The molecule has 0 N–H and O–H groups in total. The Labute approximate surface area is 50.9 Å². The van der Waals surface area contributed by atoms with Crippen molar-refractivity contribution in [1.82, 2.24) is 0 Å². The SMILES string of the molecule is O=C1C(Cl)=CC1Cl. The van der Waals surface area contributed by atoms with Crippen molar-refractivity contribution >= 4 is 29.0 Å². The number of halogens is 2. The average Bonchev–Trinajstić information content (AvgIpc) is 1.68. The van der Waals surface area contributed by atoms with Crippen LogP contribution in [0.25, 0.3) is 0 Å². The highest BCUT2D eigenvalue weighted by Crippen LogP contribution is 2.22. The number of alkyl halides is 1. The van der Waals surface area contributed by atoms with E-state index in [1.807, 2.05) is 0 Å². The number of hydrogen-bond donors (Lipinski definition) is 0. The molecule has 1 aliphatic carbocycles. The van der Waals surface area contributed by atoms with Crippen LogP contribution < -0.4 is 0 Å². The topological polar surface area (TPSA) is 17.1 Å². The molecule has 0 bridgehead atoms. The minimum atomic E-state index is -0.451. The van der Waals surface area contributed by atoms with Crippen molar-refractivity contribution in [2.24, 2.45) is 0 Å². The summed E-state index contributed by atoms with van der Waals surface area (Å²) in [6.45, 7) is 0. The first-order valence-electron chi connectivity index (χ1n) is 1.77. The Hall–Kier alpha value is -0.0100. The van der Waals surface area contributed by atoms with E-state index in [1.54, 1.807) is 0 Å². The van der Waals surface area contributed by atoms with E-state index in [2.05, 4.69) is 0 Å². The van der Waals surface area contributed by atoms with Crippen molar-refractivity contribution in [3.05, 3.63) is 11.1 Å². The largest absolute Gasteiger partial charge is 0.291 e. The average molecular weight is 137 g/mol. The van der Waals surface area contributed by atoms with Gasteiger partial charge >= 0.3 is 0 Å². The molecule has 1 nitrogen and oxygen atoms in total. The van der Waals surface area contributed by atoms with Gasteiger partial charge in [-0.15, -0.1) is 11.6 Å². The highest BCUT2D eigenvalue weighted by atomic mass is 35.5. The van der Waals surface area contributed by atoms with Crippen molar-refractivity contribution in [3.8, 4) is 0 Å². The van der Waals surface area contributed by atoms with Crippen LogP contribution in [0.4, 0.5) is 0 Å². The van der Waals surface area contributed by atoms with Gasteiger partial charge in [-0.25, -0.2) is 0 Å². The zero-order valence-corrected chi connectivity index (χ0v) is 4.83. The van der Waals surface area contributed by atoms with E-state index in [-0.39, 0.29) is 10.8 Å². The fraction of sp³-hybridized carbons (Fsp3) is 0.250. The smallest absolute Gasteiger partial charge is 0.195 e. The first-order valence-corrected chi connectivity index (χ1v) is 2.59. The minimum Gasteiger partial charge on any atom is -0.291 e. The second-order valence-electron chi connectivity index (χ2n) is 1.28. The van der Waals surface area contributed by atoms with E-state index < -0.39 is 5.38 Å². The second kappa shape index (κ2) is 1.49. The van der Waals surface area contributed by atoms with E-state index in [0.29, 0.717) is 0 Å². The number of hydrogen-bond acceptors (Lipinski definition) is 1. The summed E-state index contributed by atoms with van der Waals surface area (Å²) in [6, 6.07) is 0. The quantitative estimate of drug-likeness (QED) is 0.460. The number of carbonyl (C=O) groups is 1. The molecular weight excluding hydrogens is 135 g/mol. The van der Waals surface area contributed by atoms with Gasteiger partial charge in [0.05, 0.1) is 5.03 Å². The standard InChI is InChI=1S/C4H2Cl2O/c5-2-1-3(6)4(2)7/h1-2H. The van der Waals surface area contributed by atoms with Crippen LogP contribution in [0.5, 0.6) is 0 Å². The molecule has 38 valence electrons. The molecule has 7 heavy (non-hydrogen) atoms. The highest BCUT2D eigenvalue weighted by Gasteiger charge is 2.25. The third-order valence-electron chi connectivity index (χ3n) is 0.779. The summed E-state index contributed by atoms with van der Waals surface area (Å²) < 4.78 is 0. The highest BCUT2D eigenvalue weighted by molar-refractivity contribution is 6.53. The monoisotopic (exact) mass is 136 g/mol. The summed E-state index contributed by atoms with van der Waals surface area (Å²) >= 11 is 10.5. The van der Waals surface area contributed by atoms with Crippen molar-refractivity contribution in [2.75, 3.05) is 0 Å². The van der Waals surface area contributed by atoms with E-state index in [4.69, 9.17) is 23.2 Å². The first-order chi connectivity index (χ1) is 3.22.